The highest BCUT2D eigenvalue weighted by atomic mass is 15.2. The lowest BCUT2D eigenvalue weighted by Crippen LogP contribution is -2.31. The van der Waals surface area contributed by atoms with E-state index < -0.39 is 0 Å². The van der Waals surface area contributed by atoms with Crippen LogP contribution >= 0.6 is 0 Å². The third kappa shape index (κ3) is 2.13. The van der Waals surface area contributed by atoms with Gasteiger partial charge in [-0.3, -0.25) is 0 Å². The summed E-state index contributed by atoms with van der Waals surface area (Å²) in [5.74, 6) is 0. The van der Waals surface area contributed by atoms with Crippen LogP contribution in [0.3, 0.4) is 0 Å². The van der Waals surface area contributed by atoms with E-state index >= 15 is 0 Å². The van der Waals surface area contributed by atoms with Crippen molar-refractivity contribution in [2.45, 2.75) is 19.0 Å². The summed E-state index contributed by atoms with van der Waals surface area (Å²) in [5.41, 5.74) is 1.25. The van der Waals surface area contributed by atoms with Gasteiger partial charge in [0, 0.05) is 32.4 Å². The first-order chi connectivity index (χ1) is 6.75. The Morgan fingerprint density at radius 2 is 2.43 bits per heavy atom. The monoisotopic (exact) mass is 194 g/mol. The number of rotatable bonds is 3. The van der Waals surface area contributed by atoms with Gasteiger partial charge in [-0.1, -0.05) is 0 Å². The first-order valence-corrected chi connectivity index (χ1v) is 5.13. The molecular weight excluding hydrogens is 176 g/mol. The van der Waals surface area contributed by atoms with Gasteiger partial charge in [-0.15, -0.1) is 0 Å². The number of nitrogens with one attached hydrogen (secondary N) is 1. The van der Waals surface area contributed by atoms with Gasteiger partial charge in [0.15, 0.2) is 0 Å². The molecule has 1 aromatic rings. The smallest absolute Gasteiger partial charge is 0.0945 e. The SMILES string of the molecule is CN1CCC(NCc2cncn2C)C1. The van der Waals surface area contributed by atoms with Gasteiger partial charge in [-0.05, 0) is 20.0 Å². The molecule has 1 aliphatic rings. The molecular formula is C10H18N4. The van der Waals surface area contributed by atoms with Crippen molar-refractivity contribution in [1.82, 2.24) is 19.8 Å². The van der Waals surface area contributed by atoms with E-state index in [-0.39, 0.29) is 0 Å². The number of imidazole rings is 1. The number of hydrogen-bond donors (Lipinski definition) is 1. The van der Waals surface area contributed by atoms with Crippen molar-refractivity contribution in [3.63, 3.8) is 0 Å². The van der Waals surface area contributed by atoms with Crippen LogP contribution in [0.25, 0.3) is 0 Å². The molecule has 4 nitrogen and oxygen atoms in total. The molecule has 1 saturated heterocycles. The Bertz CT molecular complexity index is 294. The highest BCUT2D eigenvalue weighted by Crippen LogP contribution is 2.07. The topological polar surface area (TPSA) is 33.1 Å². The molecule has 0 spiro atoms. The molecule has 1 atom stereocenters. The summed E-state index contributed by atoms with van der Waals surface area (Å²) in [6.07, 6.45) is 5.03. The van der Waals surface area contributed by atoms with E-state index in [0.717, 1.165) is 13.1 Å². The van der Waals surface area contributed by atoms with Crippen molar-refractivity contribution in [1.29, 1.82) is 0 Å². The zero-order chi connectivity index (χ0) is 9.97. The maximum atomic E-state index is 4.09. The third-order valence-electron chi connectivity index (χ3n) is 2.88. The quantitative estimate of drug-likeness (QED) is 0.747. The van der Waals surface area contributed by atoms with Crippen LogP contribution in [0.5, 0.6) is 0 Å². The number of nitrogens with zero attached hydrogens (tertiary/aromatic N) is 3. The van der Waals surface area contributed by atoms with Gasteiger partial charge >= 0.3 is 0 Å². The maximum absolute atomic E-state index is 4.09. The minimum atomic E-state index is 0.648. The summed E-state index contributed by atoms with van der Waals surface area (Å²) in [6, 6.07) is 0.648. The van der Waals surface area contributed by atoms with Gasteiger partial charge < -0.3 is 14.8 Å². The molecule has 1 aromatic heterocycles. The van der Waals surface area contributed by atoms with Crippen LogP contribution < -0.4 is 5.32 Å². The van der Waals surface area contributed by atoms with Crippen LogP contribution in [-0.4, -0.2) is 40.6 Å². The molecule has 2 heterocycles. The zero-order valence-electron chi connectivity index (χ0n) is 8.90. The van der Waals surface area contributed by atoms with Gasteiger partial charge in [0.1, 0.15) is 0 Å². The summed E-state index contributed by atoms with van der Waals surface area (Å²) in [4.78, 5) is 6.46. The molecule has 14 heavy (non-hydrogen) atoms. The minimum Gasteiger partial charge on any atom is -0.337 e. The maximum Gasteiger partial charge on any atom is 0.0945 e. The second-order valence-corrected chi connectivity index (χ2v) is 4.12. The van der Waals surface area contributed by atoms with Crippen LogP contribution in [0.2, 0.25) is 0 Å². The molecule has 1 fully saturated rings. The van der Waals surface area contributed by atoms with E-state index in [4.69, 9.17) is 0 Å². The molecule has 4 heteroatoms. The van der Waals surface area contributed by atoms with Gasteiger partial charge in [0.2, 0.25) is 0 Å². The number of likely N-dealkylation sites (tertiary alicyclic amines) is 1. The predicted octanol–water partition coefficient (Wildman–Crippen LogP) is 0.214. The lowest BCUT2D eigenvalue weighted by molar-refractivity contribution is 0.396. The highest BCUT2D eigenvalue weighted by molar-refractivity contribution is 4.97. The normalized spacial score (nSPS) is 23.1. The van der Waals surface area contributed by atoms with Crippen molar-refractivity contribution >= 4 is 0 Å². The van der Waals surface area contributed by atoms with E-state index in [1.165, 1.54) is 18.7 Å². The fourth-order valence-corrected chi connectivity index (χ4v) is 1.91. The van der Waals surface area contributed by atoms with Gasteiger partial charge in [0.25, 0.3) is 0 Å². The van der Waals surface area contributed by atoms with Crippen LogP contribution in [0.15, 0.2) is 12.5 Å². The van der Waals surface area contributed by atoms with E-state index in [9.17, 15) is 0 Å². The van der Waals surface area contributed by atoms with Crippen molar-refractivity contribution in [3.05, 3.63) is 18.2 Å². The molecule has 78 valence electrons. The first kappa shape index (κ1) is 9.68. The fourth-order valence-electron chi connectivity index (χ4n) is 1.91. The molecule has 1 unspecified atom stereocenters. The summed E-state index contributed by atoms with van der Waals surface area (Å²) in [6.45, 7) is 3.30. The number of aromatic nitrogens is 2. The average molecular weight is 194 g/mol. The van der Waals surface area contributed by atoms with Crippen molar-refractivity contribution in [2.24, 2.45) is 7.05 Å². The lowest BCUT2D eigenvalue weighted by atomic mass is 10.2. The van der Waals surface area contributed by atoms with E-state index in [2.05, 4.69) is 26.8 Å². The summed E-state index contributed by atoms with van der Waals surface area (Å²) in [7, 11) is 4.20. The van der Waals surface area contributed by atoms with E-state index in [1.807, 2.05) is 19.6 Å². The predicted molar refractivity (Wildman–Crippen MR) is 55.9 cm³/mol. The van der Waals surface area contributed by atoms with Crippen molar-refractivity contribution in [2.75, 3.05) is 20.1 Å². The Morgan fingerprint density at radius 3 is 3.00 bits per heavy atom. The second-order valence-electron chi connectivity index (χ2n) is 4.12. The Balaban J connectivity index is 1.80. The number of hydrogen-bond acceptors (Lipinski definition) is 3. The third-order valence-corrected chi connectivity index (χ3v) is 2.88. The minimum absolute atomic E-state index is 0.648. The highest BCUT2D eigenvalue weighted by Gasteiger charge is 2.18. The van der Waals surface area contributed by atoms with Crippen LogP contribution in [0.4, 0.5) is 0 Å². The van der Waals surface area contributed by atoms with Crippen LogP contribution in [0, 0.1) is 0 Å². The van der Waals surface area contributed by atoms with Crippen LogP contribution in [0.1, 0.15) is 12.1 Å². The summed E-state index contributed by atoms with van der Waals surface area (Å²) in [5, 5.41) is 3.55. The Labute approximate surface area is 84.9 Å². The average Bonchev–Trinajstić information content (AvgIpc) is 2.72. The zero-order valence-corrected chi connectivity index (χ0v) is 8.90. The summed E-state index contributed by atoms with van der Waals surface area (Å²) < 4.78 is 2.06. The largest absolute Gasteiger partial charge is 0.337 e. The molecule has 0 radical (unpaired) electrons. The second kappa shape index (κ2) is 4.11. The molecule has 0 bridgehead atoms. The molecule has 0 amide bonds. The van der Waals surface area contributed by atoms with Gasteiger partial charge in [-0.25, -0.2) is 4.98 Å². The lowest BCUT2D eigenvalue weighted by Gasteiger charge is -2.12. The van der Waals surface area contributed by atoms with Crippen molar-refractivity contribution < 1.29 is 0 Å². The number of likely N-dealkylation sites (N-methyl/N-ethyl adjacent to an activating group) is 1. The van der Waals surface area contributed by atoms with Gasteiger partial charge in [-0.2, -0.15) is 0 Å². The molecule has 1 N–H and O–H groups in total. The Hall–Kier alpha value is -0.870. The first-order valence-electron chi connectivity index (χ1n) is 5.13. The Kier molecular flexibility index (Phi) is 2.84. The molecule has 2 rings (SSSR count). The fraction of sp³-hybridized carbons (Fsp3) is 0.700. The standard InChI is InChI=1S/C10H18N4/c1-13-4-3-9(7-13)12-6-10-5-11-8-14(10)2/h5,8-9,12H,3-4,6-7H2,1-2H3. The van der Waals surface area contributed by atoms with Crippen molar-refractivity contribution in [3.8, 4) is 0 Å². The molecule has 1 aliphatic heterocycles. The molecule has 0 saturated carbocycles. The molecule has 0 aliphatic carbocycles. The Morgan fingerprint density at radius 1 is 1.57 bits per heavy atom. The van der Waals surface area contributed by atoms with E-state index in [0.29, 0.717) is 6.04 Å². The van der Waals surface area contributed by atoms with Gasteiger partial charge in [0.05, 0.1) is 12.0 Å². The molecule has 0 aromatic carbocycles. The summed E-state index contributed by atoms with van der Waals surface area (Å²) >= 11 is 0. The van der Waals surface area contributed by atoms with E-state index in [1.54, 1.807) is 0 Å². The van der Waals surface area contributed by atoms with Crippen LogP contribution in [-0.2, 0) is 13.6 Å². The number of aryl methyl sites for hydroxylation is 1.